The lowest BCUT2D eigenvalue weighted by molar-refractivity contribution is -0.132. The van der Waals surface area contributed by atoms with Crippen LogP contribution in [0.4, 0.5) is 5.69 Å². The maximum atomic E-state index is 12.7. The summed E-state index contributed by atoms with van der Waals surface area (Å²) in [7, 11) is 0. The lowest BCUT2D eigenvalue weighted by Gasteiger charge is -2.35. The molecule has 0 radical (unpaired) electrons. The molecule has 1 aliphatic heterocycles. The maximum absolute atomic E-state index is 12.7. The van der Waals surface area contributed by atoms with Gasteiger partial charge in [-0.3, -0.25) is 9.59 Å². The van der Waals surface area contributed by atoms with E-state index in [-0.39, 0.29) is 24.2 Å². The van der Waals surface area contributed by atoms with E-state index in [2.05, 4.69) is 12.1 Å². The molecule has 3 rings (SSSR count). The van der Waals surface area contributed by atoms with Crippen LogP contribution in [-0.2, 0) is 11.2 Å². The number of halogens is 1. The summed E-state index contributed by atoms with van der Waals surface area (Å²) in [6.07, 6.45) is 2.32. The second kappa shape index (κ2) is 10.1. The van der Waals surface area contributed by atoms with E-state index < -0.39 is 0 Å². The Bertz CT molecular complexity index is 803. The second-order valence-electron chi connectivity index (χ2n) is 7.09. The summed E-state index contributed by atoms with van der Waals surface area (Å²) < 4.78 is 0. The monoisotopic (exact) mass is 401 g/mol. The average Bonchev–Trinajstić information content (AvgIpc) is 2.70. The van der Waals surface area contributed by atoms with Gasteiger partial charge >= 0.3 is 0 Å². The molecule has 1 saturated heterocycles. The van der Waals surface area contributed by atoms with Crippen LogP contribution in [0.1, 0.15) is 34.3 Å². The van der Waals surface area contributed by atoms with E-state index in [1.807, 2.05) is 41.0 Å². The molecule has 2 amide bonds. The predicted molar refractivity (Wildman–Crippen MR) is 115 cm³/mol. The van der Waals surface area contributed by atoms with Crippen LogP contribution in [0.3, 0.4) is 0 Å². The molecule has 2 aromatic rings. The molecule has 5 nitrogen and oxygen atoms in total. The van der Waals surface area contributed by atoms with Gasteiger partial charge in [-0.15, -0.1) is 12.4 Å². The zero-order valence-corrected chi connectivity index (χ0v) is 17.1. The molecule has 1 fully saturated rings. The van der Waals surface area contributed by atoms with Gasteiger partial charge in [-0.25, -0.2) is 0 Å². The summed E-state index contributed by atoms with van der Waals surface area (Å²) in [4.78, 5) is 28.9. The summed E-state index contributed by atoms with van der Waals surface area (Å²) in [5, 5.41) is 0. The van der Waals surface area contributed by atoms with Crippen LogP contribution in [0.15, 0.2) is 48.5 Å². The predicted octanol–water partition coefficient (Wildman–Crippen LogP) is 3.31. The zero-order valence-electron chi connectivity index (χ0n) is 16.3. The van der Waals surface area contributed by atoms with Gasteiger partial charge in [0, 0.05) is 43.9 Å². The molecule has 2 aromatic carbocycles. The van der Waals surface area contributed by atoms with Crippen molar-refractivity contribution in [3.63, 3.8) is 0 Å². The summed E-state index contributed by atoms with van der Waals surface area (Å²) in [6, 6.07) is 15.6. The maximum Gasteiger partial charge on any atom is 0.254 e. The molecule has 150 valence electrons. The molecule has 0 unspecified atom stereocenters. The topological polar surface area (TPSA) is 66.6 Å². The Morgan fingerprint density at radius 1 is 0.964 bits per heavy atom. The van der Waals surface area contributed by atoms with E-state index >= 15 is 0 Å². The number of hydrogen-bond donors (Lipinski definition) is 1. The van der Waals surface area contributed by atoms with E-state index in [0.29, 0.717) is 43.9 Å². The van der Waals surface area contributed by atoms with Crippen LogP contribution in [0.25, 0.3) is 0 Å². The van der Waals surface area contributed by atoms with Gasteiger partial charge in [-0.05, 0) is 43.0 Å². The minimum atomic E-state index is -0.00373. The number of benzene rings is 2. The third-order valence-corrected chi connectivity index (χ3v) is 5.11. The molecule has 0 aromatic heterocycles. The van der Waals surface area contributed by atoms with Crippen LogP contribution >= 0.6 is 12.4 Å². The fourth-order valence-electron chi connectivity index (χ4n) is 3.45. The first-order chi connectivity index (χ1) is 13.0. The standard InChI is InChI=1S/C22H27N3O2.ClH/c1-17-10-11-19(23)16-20(17)22(27)25-14-12-24(13-15-25)21(26)9-5-8-18-6-3-2-4-7-18;/h2-4,6-7,10-11,16H,5,8-9,12-15,23H2,1H3;1H. The van der Waals surface area contributed by atoms with Crippen molar-refractivity contribution in [2.75, 3.05) is 31.9 Å². The Balaban J connectivity index is 0.00000280. The Kier molecular flexibility index (Phi) is 7.88. The SMILES string of the molecule is Cc1ccc(N)cc1C(=O)N1CCN(C(=O)CCCc2ccccc2)CC1.Cl. The lowest BCUT2D eigenvalue weighted by Crippen LogP contribution is -2.50. The number of anilines is 1. The highest BCUT2D eigenvalue weighted by atomic mass is 35.5. The van der Waals surface area contributed by atoms with Crippen molar-refractivity contribution in [3.05, 3.63) is 65.2 Å². The largest absolute Gasteiger partial charge is 0.399 e. The Morgan fingerprint density at radius 3 is 2.29 bits per heavy atom. The molecule has 0 bridgehead atoms. The van der Waals surface area contributed by atoms with Gasteiger partial charge in [-0.1, -0.05) is 36.4 Å². The number of nitrogens with two attached hydrogens (primary N) is 1. The number of carbonyl (C=O) groups excluding carboxylic acids is 2. The number of rotatable bonds is 5. The lowest BCUT2D eigenvalue weighted by atomic mass is 10.1. The van der Waals surface area contributed by atoms with Crippen LogP contribution in [0.2, 0.25) is 0 Å². The smallest absolute Gasteiger partial charge is 0.254 e. The van der Waals surface area contributed by atoms with Gasteiger partial charge in [0.05, 0.1) is 0 Å². The van der Waals surface area contributed by atoms with Gasteiger partial charge < -0.3 is 15.5 Å². The van der Waals surface area contributed by atoms with E-state index in [1.54, 1.807) is 12.1 Å². The highest BCUT2D eigenvalue weighted by molar-refractivity contribution is 5.96. The first-order valence-electron chi connectivity index (χ1n) is 9.51. The third-order valence-electron chi connectivity index (χ3n) is 5.11. The van der Waals surface area contributed by atoms with Crippen molar-refractivity contribution in [1.82, 2.24) is 9.80 Å². The number of aryl methyl sites for hydroxylation is 2. The number of piperazine rings is 1. The number of nitrogen functional groups attached to an aromatic ring is 1. The number of hydrogen-bond acceptors (Lipinski definition) is 3. The van der Waals surface area contributed by atoms with Gasteiger partial charge in [-0.2, -0.15) is 0 Å². The highest BCUT2D eigenvalue weighted by Crippen LogP contribution is 2.17. The fourth-order valence-corrected chi connectivity index (χ4v) is 3.45. The molecule has 0 saturated carbocycles. The zero-order chi connectivity index (χ0) is 19.2. The Labute approximate surface area is 172 Å². The molecule has 0 atom stereocenters. The van der Waals surface area contributed by atoms with Crippen molar-refractivity contribution in [2.45, 2.75) is 26.2 Å². The van der Waals surface area contributed by atoms with Crippen LogP contribution < -0.4 is 5.73 Å². The normalized spacial score (nSPS) is 13.8. The van der Waals surface area contributed by atoms with Crippen LogP contribution in [0, 0.1) is 6.92 Å². The quantitative estimate of drug-likeness (QED) is 0.781. The van der Waals surface area contributed by atoms with Gasteiger partial charge in [0.25, 0.3) is 5.91 Å². The Morgan fingerprint density at radius 2 is 1.61 bits per heavy atom. The molecule has 6 heteroatoms. The molecule has 1 heterocycles. The van der Waals surface area contributed by atoms with Crippen molar-refractivity contribution in [2.24, 2.45) is 0 Å². The molecular formula is C22H28ClN3O2. The first kappa shape index (κ1) is 21.8. The molecule has 0 spiro atoms. The van der Waals surface area contributed by atoms with Crippen molar-refractivity contribution in [3.8, 4) is 0 Å². The summed E-state index contributed by atoms with van der Waals surface area (Å²) in [5.74, 6) is 0.175. The van der Waals surface area contributed by atoms with Crippen LogP contribution in [-0.4, -0.2) is 47.8 Å². The van der Waals surface area contributed by atoms with Crippen molar-refractivity contribution < 1.29 is 9.59 Å². The van der Waals surface area contributed by atoms with E-state index in [0.717, 1.165) is 18.4 Å². The van der Waals surface area contributed by atoms with E-state index in [4.69, 9.17) is 5.73 Å². The summed E-state index contributed by atoms with van der Waals surface area (Å²) >= 11 is 0. The molecule has 1 aliphatic rings. The molecule has 28 heavy (non-hydrogen) atoms. The minimum absolute atomic E-state index is 0. The highest BCUT2D eigenvalue weighted by Gasteiger charge is 2.25. The molecule has 0 aliphatic carbocycles. The fraction of sp³-hybridized carbons (Fsp3) is 0.364. The van der Waals surface area contributed by atoms with E-state index in [9.17, 15) is 9.59 Å². The number of amides is 2. The summed E-state index contributed by atoms with van der Waals surface area (Å²) in [5.41, 5.74) is 9.25. The van der Waals surface area contributed by atoms with Gasteiger partial charge in [0.2, 0.25) is 5.91 Å². The summed E-state index contributed by atoms with van der Waals surface area (Å²) in [6.45, 7) is 4.24. The van der Waals surface area contributed by atoms with Crippen molar-refractivity contribution >= 4 is 29.9 Å². The van der Waals surface area contributed by atoms with Gasteiger partial charge in [0.1, 0.15) is 0 Å². The minimum Gasteiger partial charge on any atom is -0.399 e. The third kappa shape index (κ3) is 5.49. The molecule has 2 N–H and O–H groups in total. The van der Waals surface area contributed by atoms with E-state index in [1.165, 1.54) is 5.56 Å². The average molecular weight is 402 g/mol. The molecular weight excluding hydrogens is 374 g/mol. The Hall–Kier alpha value is -2.53. The second-order valence-corrected chi connectivity index (χ2v) is 7.09. The first-order valence-corrected chi connectivity index (χ1v) is 9.51. The van der Waals surface area contributed by atoms with Crippen LogP contribution in [0.5, 0.6) is 0 Å². The van der Waals surface area contributed by atoms with Gasteiger partial charge in [0.15, 0.2) is 0 Å². The van der Waals surface area contributed by atoms with Crippen molar-refractivity contribution in [1.29, 1.82) is 0 Å². The number of nitrogens with zero attached hydrogens (tertiary/aromatic N) is 2. The number of carbonyl (C=O) groups is 2.